The highest BCUT2D eigenvalue weighted by Gasteiger charge is 2.23. The van der Waals surface area contributed by atoms with Gasteiger partial charge in [0.2, 0.25) is 0 Å². The van der Waals surface area contributed by atoms with E-state index in [0.29, 0.717) is 20.7 Å². The number of nitrogens with one attached hydrogen (secondary N) is 1. The summed E-state index contributed by atoms with van der Waals surface area (Å²) in [4.78, 5) is 44.4. The third-order valence-corrected chi connectivity index (χ3v) is 5.24. The van der Waals surface area contributed by atoms with Crippen molar-refractivity contribution in [1.82, 2.24) is 9.97 Å². The van der Waals surface area contributed by atoms with Gasteiger partial charge in [0.05, 0.1) is 12.0 Å². The number of aromatic nitrogens is 2. The number of phenols is 1. The number of aromatic hydroxyl groups is 1. The Labute approximate surface area is 163 Å². The van der Waals surface area contributed by atoms with E-state index in [2.05, 4.69) is 9.97 Å². The van der Waals surface area contributed by atoms with Crippen molar-refractivity contribution in [3.05, 3.63) is 56.4 Å². The Kier molecular flexibility index (Phi) is 5.46. The van der Waals surface area contributed by atoms with Crippen LogP contribution in [0.3, 0.4) is 0 Å². The molecular weight excluding hydrogens is 384 g/mol. The number of aromatic amines is 1. The van der Waals surface area contributed by atoms with Crippen molar-refractivity contribution >= 4 is 33.5 Å². The molecule has 0 fully saturated rings. The minimum absolute atomic E-state index is 0.00865. The lowest BCUT2D eigenvalue weighted by Crippen LogP contribution is -2.17. The zero-order chi connectivity index (χ0) is 20.4. The molecule has 0 saturated carbocycles. The van der Waals surface area contributed by atoms with Gasteiger partial charge in [-0.1, -0.05) is 12.1 Å². The number of thiophene rings is 1. The van der Waals surface area contributed by atoms with E-state index in [9.17, 15) is 19.5 Å². The Morgan fingerprint density at radius 1 is 1.29 bits per heavy atom. The van der Waals surface area contributed by atoms with Crippen LogP contribution in [-0.4, -0.2) is 33.6 Å². The number of para-hydroxylation sites is 1. The molecule has 146 valence electrons. The molecule has 1 atom stereocenters. The number of ether oxygens (including phenoxy) is 2. The second kappa shape index (κ2) is 7.81. The van der Waals surface area contributed by atoms with E-state index in [4.69, 9.17) is 9.47 Å². The van der Waals surface area contributed by atoms with Crippen LogP contribution in [0.25, 0.3) is 10.2 Å². The molecule has 0 aliphatic rings. The number of fused-ring (bicyclic) bond motifs is 1. The van der Waals surface area contributed by atoms with Gasteiger partial charge in [-0.3, -0.25) is 4.79 Å². The molecule has 0 amide bonds. The number of benzene rings is 1. The first-order chi connectivity index (χ1) is 13.3. The number of hydrogen-bond donors (Lipinski definition) is 2. The van der Waals surface area contributed by atoms with Crippen LogP contribution < -0.4 is 5.56 Å². The van der Waals surface area contributed by atoms with Crippen molar-refractivity contribution in [2.75, 3.05) is 6.61 Å². The van der Waals surface area contributed by atoms with Gasteiger partial charge < -0.3 is 19.6 Å². The Morgan fingerprint density at radius 2 is 2.00 bits per heavy atom. The van der Waals surface area contributed by atoms with Gasteiger partial charge >= 0.3 is 11.9 Å². The van der Waals surface area contributed by atoms with Gasteiger partial charge in [0.15, 0.2) is 11.9 Å². The Hall–Kier alpha value is -3.20. The molecule has 0 saturated heterocycles. The number of esters is 2. The van der Waals surface area contributed by atoms with Crippen molar-refractivity contribution in [2.45, 2.75) is 26.9 Å². The lowest BCUT2D eigenvalue weighted by Gasteiger charge is -2.13. The third kappa shape index (κ3) is 3.61. The predicted molar refractivity (Wildman–Crippen MR) is 103 cm³/mol. The monoisotopic (exact) mass is 402 g/mol. The molecule has 8 nitrogen and oxygen atoms in total. The fraction of sp³-hybridized carbons (Fsp3) is 0.263. The molecule has 2 N–H and O–H groups in total. The maximum Gasteiger partial charge on any atom is 0.348 e. The maximum atomic E-state index is 12.5. The summed E-state index contributed by atoms with van der Waals surface area (Å²) in [5.74, 6) is -1.33. The molecule has 2 heterocycles. The van der Waals surface area contributed by atoms with Gasteiger partial charge in [-0.2, -0.15) is 0 Å². The topological polar surface area (TPSA) is 119 Å². The highest BCUT2D eigenvalue weighted by Crippen LogP contribution is 2.29. The molecule has 1 aromatic carbocycles. The molecule has 0 aliphatic carbocycles. The minimum atomic E-state index is -0.877. The van der Waals surface area contributed by atoms with Gasteiger partial charge in [0.25, 0.3) is 5.56 Å². The predicted octanol–water partition coefficient (Wildman–Crippen LogP) is 3.09. The molecule has 3 rings (SSSR count). The first-order valence-corrected chi connectivity index (χ1v) is 9.34. The van der Waals surface area contributed by atoms with Crippen LogP contribution in [-0.2, 0) is 9.47 Å². The van der Waals surface area contributed by atoms with Crippen molar-refractivity contribution in [3.63, 3.8) is 0 Å². The van der Waals surface area contributed by atoms with E-state index < -0.39 is 23.6 Å². The molecular formula is C19H18N2O6S. The van der Waals surface area contributed by atoms with Gasteiger partial charge in [-0.05, 0) is 38.5 Å². The number of hydrogen-bond acceptors (Lipinski definition) is 8. The van der Waals surface area contributed by atoms with Crippen molar-refractivity contribution < 1.29 is 24.2 Å². The zero-order valence-electron chi connectivity index (χ0n) is 15.4. The van der Waals surface area contributed by atoms with Crippen LogP contribution in [0.2, 0.25) is 0 Å². The van der Waals surface area contributed by atoms with E-state index in [1.165, 1.54) is 12.1 Å². The van der Waals surface area contributed by atoms with Crippen LogP contribution in [0.5, 0.6) is 5.75 Å². The molecule has 0 bridgehead atoms. The van der Waals surface area contributed by atoms with Crippen LogP contribution in [0, 0.1) is 6.92 Å². The molecule has 0 spiro atoms. The SMILES string of the molecule is CCOC(=O)c1sc2nc([C@H](C)OC(=O)c3ccccc3O)[nH]c(=O)c2c1C. The number of rotatable bonds is 5. The summed E-state index contributed by atoms with van der Waals surface area (Å²) >= 11 is 1.05. The van der Waals surface area contributed by atoms with E-state index in [1.807, 2.05) is 0 Å². The summed E-state index contributed by atoms with van der Waals surface area (Å²) in [5, 5.41) is 10.1. The quantitative estimate of drug-likeness (QED) is 0.630. The van der Waals surface area contributed by atoms with Crippen molar-refractivity contribution in [1.29, 1.82) is 0 Å². The van der Waals surface area contributed by atoms with Crippen molar-refractivity contribution in [2.24, 2.45) is 0 Å². The molecule has 2 aromatic heterocycles. The summed E-state index contributed by atoms with van der Waals surface area (Å²) in [6, 6.07) is 5.98. The second-order valence-electron chi connectivity index (χ2n) is 5.97. The normalized spacial score (nSPS) is 12.0. The number of carbonyl (C=O) groups is 2. The lowest BCUT2D eigenvalue weighted by molar-refractivity contribution is 0.0316. The average molecular weight is 402 g/mol. The molecule has 0 unspecified atom stereocenters. The number of aryl methyl sites for hydroxylation is 1. The summed E-state index contributed by atoms with van der Waals surface area (Å²) in [6.07, 6.45) is -0.877. The summed E-state index contributed by atoms with van der Waals surface area (Å²) in [7, 11) is 0. The van der Waals surface area contributed by atoms with Crippen LogP contribution >= 0.6 is 11.3 Å². The number of phenolic OH excluding ortho intramolecular Hbond substituents is 1. The fourth-order valence-corrected chi connectivity index (χ4v) is 3.75. The summed E-state index contributed by atoms with van der Waals surface area (Å²) < 4.78 is 10.3. The highest BCUT2D eigenvalue weighted by atomic mass is 32.1. The van der Waals surface area contributed by atoms with Crippen molar-refractivity contribution in [3.8, 4) is 5.75 Å². The minimum Gasteiger partial charge on any atom is -0.507 e. The fourth-order valence-electron chi connectivity index (χ4n) is 2.67. The van der Waals surface area contributed by atoms with Gasteiger partial charge in [0.1, 0.15) is 21.0 Å². The first-order valence-electron chi connectivity index (χ1n) is 8.52. The van der Waals surface area contributed by atoms with Crippen LogP contribution in [0.4, 0.5) is 0 Å². The Balaban J connectivity index is 1.93. The maximum absolute atomic E-state index is 12.5. The van der Waals surface area contributed by atoms with E-state index in [1.54, 1.807) is 32.9 Å². The smallest absolute Gasteiger partial charge is 0.348 e. The molecule has 0 radical (unpaired) electrons. The van der Waals surface area contributed by atoms with Crippen LogP contribution in [0.15, 0.2) is 29.1 Å². The third-order valence-electron chi connectivity index (χ3n) is 4.07. The summed E-state index contributed by atoms with van der Waals surface area (Å²) in [6.45, 7) is 5.13. The van der Waals surface area contributed by atoms with E-state index in [0.717, 1.165) is 11.3 Å². The number of nitrogens with zero attached hydrogens (tertiary/aromatic N) is 1. The second-order valence-corrected chi connectivity index (χ2v) is 6.97. The molecule has 3 aromatic rings. The number of carbonyl (C=O) groups excluding carboxylic acids is 2. The molecule has 28 heavy (non-hydrogen) atoms. The largest absolute Gasteiger partial charge is 0.507 e. The standard InChI is InChI=1S/C19H18N2O6S/c1-4-26-19(25)14-9(2)13-16(23)20-15(21-17(13)28-14)10(3)27-18(24)11-7-5-6-8-12(11)22/h5-8,10,22H,4H2,1-3H3,(H,20,21,23)/t10-/m0/s1. The molecule has 9 heteroatoms. The Morgan fingerprint density at radius 3 is 2.68 bits per heavy atom. The lowest BCUT2D eigenvalue weighted by atomic mass is 10.2. The van der Waals surface area contributed by atoms with Gasteiger partial charge in [-0.25, -0.2) is 14.6 Å². The van der Waals surface area contributed by atoms with Gasteiger partial charge in [-0.15, -0.1) is 11.3 Å². The van der Waals surface area contributed by atoms with Crippen LogP contribution in [0.1, 0.15) is 51.4 Å². The average Bonchev–Trinajstić information content (AvgIpc) is 2.99. The van der Waals surface area contributed by atoms with Gasteiger partial charge in [0, 0.05) is 0 Å². The zero-order valence-corrected chi connectivity index (χ0v) is 16.3. The van der Waals surface area contributed by atoms with E-state index >= 15 is 0 Å². The van der Waals surface area contributed by atoms with E-state index in [-0.39, 0.29) is 23.7 Å². The number of H-pyrrole nitrogens is 1. The molecule has 0 aliphatic heterocycles. The summed E-state index contributed by atoms with van der Waals surface area (Å²) in [5.41, 5.74) is 0.0710. The Bertz CT molecular complexity index is 1120. The highest BCUT2D eigenvalue weighted by molar-refractivity contribution is 7.20. The first kappa shape index (κ1) is 19.6.